The molecule has 0 heterocycles. The lowest BCUT2D eigenvalue weighted by molar-refractivity contribution is -0.130. The van der Waals surface area contributed by atoms with E-state index in [0.717, 1.165) is 38.5 Å². The second kappa shape index (κ2) is 8.72. The van der Waals surface area contributed by atoms with Crippen molar-refractivity contribution in [1.82, 2.24) is 10.6 Å². The Morgan fingerprint density at radius 1 is 1.19 bits per heavy atom. The molecule has 2 saturated carbocycles. The average Bonchev–Trinajstić information content (AvgIpc) is 2.97. The molecule has 2 amide bonds. The standard InChI is InChI=1S/C19H31BrN2O4/c1-18(2,3)26-17(25)21-10-6-9-14-11-19(14,15(23)12-20)22-16(24)13-7-4-5-8-13/h13-14H,4-12H2,1-3H3,(H,21,25)(H,22,24)/t14-,19?/m1/s1. The molecule has 2 atom stereocenters. The summed E-state index contributed by atoms with van der Waals surface area (Å²) in [5.41, 5.74) is -1.21. The lowest BCUT2D eigenvalue weighted by Gasteiger charge is -2.21. The second-order valence-electron chi connectivity index (χ2n) is 8.47. The maximum atomic E-state index is 12.5. The second-order valence-corrected chi connectivity index (χ2v) is 9.03. The van der Waals surface area contributed by atoms with E-state index in [0.29, 0.717) is 13.0 Å². The first-order valence-corrected chi connectivity index (χ1v) is 10.7. The van der Waals surface area contributed by atoms with Gasteiger partial charge in [-0.2, -0.15) is 0 Å². The zero-order chi connectivity index (χ0) is 19.4. The van der Waals surface area contributed by atoms with Gasteiger partial charge in [-0.1, -0.05) is 28.8 Å². The van der Waals surface area contributed by atoms with Crippen LogP contribution >= 0.6 is 15.9 Å². The normalized spacial score (nSPS) is 25.6. The highest BCUT2D eigenvalue weighted by atomic mass is 79.9. The smallest absolute Gasteiger partial charge is 0.407 e. The SMILES string of the molecule is CC(C)(C)OC(=O)NCCC[C@@H]1CC1(NC(=O)C1CCCC1)C(=O)CBr. The van der Waals surface area contributed by atoms with E-state index in [1.54, 1.807) is 0 Å². The van der Waals surface area contributed by atoms with Crippen LogP contribution in [0.3, 0.4) is 0 Å². The minimum Gasteiger partial charge on any atom is -0.444 e. The number of rotatable bonds is 8. The average molecular weight is 431 g/mol. The molecule has 0 aromatic heterocycles. The van der Waals surface area contributed by atoms with E-state index >= 15 is 0 Å². The Bertz CT molecular complexity index is 540. The number of nitrogens with one attached hydrogen (secondary N) is 2. The Kier molecular flexibility index (Phi) is 7.11. The summed E-state index contributed by atoms with van der Waals surface area (Å²) in [7, 11) is 0. The Morgan fingerprint density at radius 3 is 2.42 bits per heavy atom. The molecule has 0 bridgehead atoms. The zero-order valence-electron chi connectivity index (χ0n) is 16.0. The van der Waals surface area contributed by atoms with Gasteiger partial charge in [-0.3, -0.25) is 9.59 Å². The first-order valence-electron chi connectivity index (χ1n) is 9.56. The van der Waals surface area contributed by atoms with Gasteiger partial charge in [0.05, 0.1) is 5.33 Å². The van der Waals surface area contributed by atoms with E-state index < -0.39 is 17.2 Å². The zero-order valence-corrected chi connectivity index (χ0v) is 17.6. The van der Waals surface area contributed by atoms with Crippen LogP contribution in [-0.2, 0) is 14.3 Å². The molecule has 2 fully saturated rings. The van der Waals surface area contributed by atoms with Crippen LogP contribution in [-0.4, -0.2) is 40.8 Å². The number of ketones is 1. The largest absolute Gasteiger partial charge is 0.444 e. The van der Waals surface area contributed by atoms with Crippen LogP contribution in [0.4, 0.5) is 4.79 Å². The third-order valence-corrected chi connectivity index (χ3v) is 5.70. The number of alkyl halides is 1. The van der Waals surface area contributed by atoms with Gasteiger partial charge in [0.25, 0.3) is 0 Å². The summed E-state index contributed by atoms with van der Waals surface area (Å²) in [4.78, 5) is 36.5. The van der Waals surface area contributed by atoms with Crippen molar-refractivity contribution in [2.45, 2.75) is 76.9 Å². The predicted molar refractivity (Wildman–Crippen MR) is 103 cm³/mol. The first-order chi connectivity index (χ1) is 12.2. The fraction of sp³-hybridized carbons (Fsp3) is 0.842. The number of carbonyl (C=O) groups excluding carboxylic acids is 3. The summed E-state index contributed by atoms with van der Waals surface area (Å²) in [6.45, 7) is 5.97. The van der Waals surface area contributed by atoms with Crippen molar-refractivity contribution in [3.05, 3.63) is 0 Å². The van der Waals surface area contributed by atoms with Crippen LogP contribution in [0, 0.1) is 11.8 Å². The van der Waals surface area contributed by atoms with Gasteiger partial charge in [0.2, 0.25) is 5.91 Å². The molecule has 7 heteroatoms. The van der Waals surface area contributed by atoms with Crippen LogP contribution in [0.1, 0.15) is 65.7 Å². The van der Waals surface area contributed by atoms with Gasteiger partial charge in [-0.05, 0) is 58.8 Å². The van der Waals surface area contributed by atoms with Gasteiger partial charge >= 0.3 is 6.09 Å². The Hall–Kier alpha value is -1.11. The van der Waals surface area contributed by atoms with Gasteiger partial charge < -0.3 is 15.4 Å². The number of amides is 2. The maximum Gasteiger partial charge on any atom is 0.407 e. The Labute approximate surface area is 164 Å². The molecule has 1 unspecified atom stereocenters. The fourth-order valence-electron chi connectivity index (χ4n) is 3.72. The number of ether oxygens (including phenoxy) is 1. The van der Waals surface area contributed by atoms with Crippen molar-refractivity contribution in [1.29, 1.82) is 0 Å². The number of hydrogen-bond acceptors (Lipinski definition) is 4. The molecule has 2 aliphatic rings. The van der Waals surface area contributed by atoms with Gasteiger partial charge in [0.15, 0.2) is 5.78 Å². The first kappa shape index (κ1) is 21.2. The van der Waals surface area contributed by atoms with Crippen LogP contribution in [0.25, 0.3) is 0 Å². The Morgan fingerprint density at radius 2 is 1.85 bits per heavy atom. The Balaban J connectivity index is 1.77. The summed E-state index contributed by atoms with van der Waals surface area (Å²) < 4.78 is 5.20. The number of carbonyl (C=O) groups is 3. The summed E-state index contributed by atoms with van der Waals surface area (Å²) in [5.74, 6) is 0.295. The minimum absolute atomic E-state index is 0.0335. The molecule has 2 aliphatic carbocycles. The van der Waals surface area contributed by atoms with Crippen molar-refractivity contribution in [3.63, 3.8) is 0 Å². The molecule has 0 radical (unpaired) electrons. The van der Waals surface area contributed by atoms with Gasteiger partial charge in [-0.25, -0.2) is 4.79 Å². The van der Waals surface area contributed by atoms with Gasteiger partial charge in [0.1, 0.15) is 11.1 Å². The quantitative estimate of drug-likeness (QED) is 0.456. The fourth-order valence-corrected chi connectivity index (χ4v) is 4.23. The third-order valence-electron chi connectivity index (χ3n) is 5.19. The van der Waals surface area contributed by atoms with Crippen LogP contribution in [0.15, 0.2) is 0 Å². The molecule has 0 spiro atoms. The topological polar surface area (TPSA) is 84.5 Å². The summed E-state index contributed by atoms with van der Waals surface area (Å²) in [6.07, 6.45) is 5.85. The van der Waals surface area contributed by atoms with E-state index in [4.69, 9.17) is 4.74 Å². The number of hydrogen-bond donors (Lipinski definition) is 2. The van der Waals surface area contributed by atoms with Gasteiger partial charge in [0, 0.05) is 12.5 Å². The molecule has 6 nitrogen and oxygen atoms in total. The van der Waals surface area contributed by atoms with Crippen molar-refractivity contribution in [2.75, 3.05) is 11.9 Å². The number of alkyl carbamates (subject to hydrolysis) is 1. The molecule has 2 rings (SSSR count). The van der Waals surface area contributed by atoms with Crippen molar-refractivity contribution in [2.24, 2.45) is 11.8 Å². The monoisotopic (exact) mass is 430 g/mol. The molecule has 26 heavy (non-hydrogen) atoms. The molecular weight excluding hydrogens is 400 g/mol. The highest BCUT2D eigenvalue weighted by molar-refractivity contribution is 9.09. The van der Waals surface area contributed by atoms with E-state index in [-0.39, 0.29) is 28.9 Å². The van der Waals surface area contributed by atoms with Crippen molar-refractivity contribution < 1.29 is 19.1 Å². The molecule has 2 N–H and O–H groups in total. The van der Waals surface area contributed by atoms with Crippen molar-refractivity contribution in [3.8, 4) is 0 Å². The van der Waals surface area contributed by atoms with E-state index in [2.05, 4.69) is 26.6 Å². The van der Waals surface area contributed by atoms with Crippen LogP contribution in [0.2, 0.25) is 0 Å². The number of Topliss-reactive ketones (excluding diaryl/α,β-unsaturated/α-hetero) is 1. The summed E-state index contributed by atoms with van der Waals surface area (Å²) in [5, 5.41) is 6.05. The van der Waals surface area contributed by atoms with Gasteiger partial charge in [-0.15, -0.1) is 0 Å². The lowest BCUT2D eigenvalue weighted by atomic mass is 10.0. The van der Waals surface area contributed by atoms with E-state index in [9.17, 15) is 14.4 Å². The molecule has 148 valence electrons. The molecule has 0 aromatic rings. The van der Waals surface area contributed by atoms with Crippen LogP contribution < -0.4 is 10.6 Å². The highest BCUT2D eigenvalue weighted by Crippen LogP contribution is 2.48. The lowest BCUT2D eigenvalue weighted by Crippen LogP contribution is -2.47. The highest BCUT2D eigenvalue weighted by Gasteiger charge is 2.59. The van der Waals surface area contributed by atoms with Crippen molar-refractivity contribution >= 4 is 33.7 Å². The van der Waals surface area contributed by atoms with Crippen LogP contribution in [0.5, 0.6) is 0 Å². The van der Waals surface area contributed by atoms with E-state index in [1.807, 2.05) is 20.8 Å². The molecular formula is C19H31BrN2O4. The van der Waals surface area contributed by atoms with E-state index in [1.165, 1.54) is 0 Å². The molecule has 0 aromatic carbocycles. The summed E-state index contributed by atoms with van der Waals surface area (Å²) >= 11 is 3.25. The molecule has 0 saturated heterocycles. The third kappa shape index (κ3) is 5.69. The molecule has 0 aliphatic heterocycles. The number of halogens is 1. The summed E-state index contributed by atoms with van der Waals surface area (Å²) in [6, 6.07) is 0. The maximum absolute atomic E-state index is 12.5. The predicted octanol–water partition coefficient (Wildman–Crippen LogP) is 3.32. The minimum atomic E-state index is -0.699.